The highest BCUT2D eigenvalue weighted by Crippen LogP contribution is 2.36. The molecule has 3 nitrogen and oxygen atoms in total. The molecule has 1 aromatic carbocycles. The van der Waals surface area contributed by atoms with Crippen molar-refractivity contribution in [1.29, 1.82) is 0 Å². The monoisotopic (exact) mass is 227 g/mol. The number of halogens is 1. The van der Waals surface area contributed by atoms with E-state index in [0.29, 0.717) is 18.5 Å². The molecule has 0 bridgehead atoms. The Labute approximate surface area is 87.3 Å². The van der Waals surface area contributed by atoms with Gasteiger partial charge in [0.1, 0.15) is 5.82 Å². The van der Waals surface area contributed by atoms with Gasteiger partial charge >= 0.3 is 0 Å². The smallest absolute Gasteiger partial charge is 0.200 e. The standard InChI is InChI=1S/C10H10FNO2S/c11-8-2-1-3-9-10(8)7(4-5-12)6-15(9,13)14/h1-3,6H,4-5,12H2. The second kappa shape index (κ2) is 3.43. The lowest BCUT2D eigenvalue weighted by Gasteiger charge is -2.03. The molecule has 2 rings (SSSR count). The SMILES string of the molecule is NCCC1=CS(=O)(=O)c2cccc(F)c21. The molecule has 2 N–H and O–H groups in total. The number of rotatable bonds is 2. The highest BCUT2D eigenvalue weighted by molar-refractivity contribution is 7.95. The van der Waals surface area contributed by atoms with Crippen LogP contribution in [0.1, 0.15) is 12.0 Å². The Morgan fingerprint density at radius 1 is 1.33 bits per heavy atom. The van der Waals surface area contributed by atoms with Gasteiger partial charge < -0.3 is 5.73 Å². The molecule has 80 valence electrons. The summed E-state index contributed by atoms with van der Waals surface area (Å²) in [6, 6.07) is 4.06. The van der Waals surface area contributed by atoms with Crippen molar-refractivity contribution in [3.8, 4) is 0 Å². The van der Waals surface area contributed by atoms with Crippen molar-refractivity contribution < 1.29 is 12.8 Å². The molecule has 0 atom stereocenters. The summed E-state index contributed by atoms with van der Waals surface area (Å²) in [4.78, 5) is 0.0472. The third-order valence-corrected chi connectivity index (χ3v) is 3.86. The van der Waals surface area contributed by atoms with E-state index in [9.17, 15) is 12.8 Å². The van der Waals surface area contributed by atoms with Crippen molar-refractivity contribution in [3.05, 3.63) is 35.0 Å². The minimum atomic E-state index is -3.46. The van der Waals surface area contributed by atoms with Crippen LogP contribution in [-0.2, 0) is 9.84 Å². The van der Waals surface area contributed by atoms with Crippen LogP contribution in [0.25, 0.3) is 5.57 Å². The largest absolute Gasteiger partial charge is 0.330 e. The molecule has 0 aliphatic carbocycles. The van der Waals surface area contributed by atoms with Gasteiger partial charge in [-0.1, -0.05) is 6.07 Å². The van der Waals surface area contributed by atoms with Gasteiger partial charge in [0.25, 0.3) is 0 Å². The van der Waals surface area contributed by atoms with Gasteiger partial charge in [-0.2, -0.15) is 0 Å². The molecule has 0 fully saturated rings. The zero-order valence-electron chi connectivity index (χ0n) is 7.90. The Morgan fingerprint density at radius 3 is 2.73 bits per heavy atom. The maximum atomic E-state index is 13.5. The Hall–Kier alpha value is -1.20. The van der Waals surface area contributed by atoms with Crippen LogP contribution in [0.5, 0.6) is 0 Å². The highest BCUT2D eigenvalue weighted by atomic mass is 32.2. The van der Waals surface area contributed by atoms with Gasteiger partial charge in [-0.3, -0.25) is 0 Å². The predicted molar refractivity (Wildman–Crippen MR) is 55.2 cm³/mol. The quantitative estimate of drug-likeness (QED) is 0.828. The van der Waals surface area contributed by atoms with Crippen LogP contribution in [0, 0.1) is 5.82 Å². The molecule has 0 spiro atoms. The first-order valence-electron chi connectivity index (χ1n) is 4.51. The van der Waals surface area contributed by atoms with E-state index >= 15 is 0 Å². The molecule has 1 aliphatic rings. The molecule has 0 saturated carbocycles. The number of hydrogen-bond donors (Lipinski definition) is 1. The van der Waals surface area contributed by atoms with E-state index in [1.165, 1.54) is 18.2 Å². The Balaban J connectivity index is 2.69. The van der Waals surface area contributed by atoms with Crippen molar-refractivity contribution >= 4 is 15.4 Å². The molecule has 0 aromatic heterocycles. The average molecular weight is 227 g/mol. The summed E-state index contributed by atoms with van der Waals surface area (Å²) >= 11 is 0. The zero-order chi connectivity index (χ0) is 11.1. The minimum Gasteiger partial charge on any atom is -0.330 e. The van der Waals surface area contributed by atoms with Crippen molar-refractivity contribution in [2.75, 3.05) is 6.54 Å². The normalized spacial score (nSPS) is 17.3. The molecule has 15 heavy (non-hydrogen) atoms. The Morgan fingerprint density at radius 2 is 2.07 bits per heavy atom. The van der Waals surface area contributed by atoms with Gasteiger partial charge in [-0.05, 0) is 30.7 Å². The summed E-state index contributed by atoms with van der Waals surface area (Å²) in [5.74, 6) is -0.506. The van der Waals surface area contributed by atoms with Crippen LogP contribution in [-0.4, -0.2) is 15.0 Å². The topological polar surface area (TPSA) is 60.2 Å². The van der Waals surface area contributed by atoms with E-state index in [4.69, 9.17) is 5.73 Å². The highest BCUT2D eigenvalue weighted by Gasteiger charge is 2.28. The first-order valence-corrected chi connectivity index (χ1v) is 6.05. The van der Waals surface area contributed by atoms with Gasteiger partial charge in [-0.25, -0.2) is 12.8 Å². The van der Waals surface area contributed by atoms with E-state index in [0.717, 1.165) is 5.41 Å². The molecule has 0 amide bonds. The Kier molecular flexibility index (Phi) is 2.36. The van der Waals surface area contributed by atoms with Gasteiger partial charge in [0.05, 0.1) is 4.90 Å². The minimum absolute atomic E-state index is 0.0472. The van der Waals surface area contributed by atoms with Crippen molar-refractivity contribution in [2.45, 2.75) is 11.3 Å². The van der Waals surface area contributed by atoms with Crippen LogP contribution >= 0.6 is 0 Å². The molecular formula is C10H10FNO2S. The van der Waals surface area contributed by atoms with Gasteiger partial charge in [0.2, 0.25) is 9.84 Å². The zero-order valence-corrected chi connectivity index (χ0v) is 8.72. The summed E-state index contributed by atoms with van der Waals surface area (Å²) in [6.45, 7) is 0.301. The number of fused-ring (bicyclic) bond motifs is 1. The van der Waals surface area contributed by atoms with Gasteiger partial charge in [0, 0.05) is 11.0 Å². The van der Waals surface area contributed by atoms with Crippen molar-refractivity contribution in [1.82, 2.24) is 0 Å². The van der Waals surface area contributed by atoms with Crippen molar-refractivity contribution in [2.24, 2.45) is 5.73 Å². The van der Waals surface area contributed by atoms with Crippen molar-refractivity contribution in [3.63, 3.8) is 0 Å². The lowest BCUT2D eigenvalue weighted by molar-refractivity contribution is 0.599. The fourth-order valence-electron chi connectivity index (χ4n) is 1.70. The van der Waals surface area contributed by atoms with Gasteiger partial charge in [0.15, 0.2) is 0 Å². The van der Waals surface area contributed by atoms with Crippen LogP contribution < -0.4 is 5.73 Å². The van der Waals surface area contributed by atoms with Crippen LogP contribution in [0.2, 0.25) is 0 Å². The van der Waals surface area contributed by atoms with E-state index in [-0.39, 0.29) is 10.5 Å². The summed E-state index contributed by atoms with van der Waals surface area (Å²) in [5, 5.41) is 1.10. The molecule has 0 radical (unpaired) electrons. The molecule has 0 saturated heterocycles. The summed E-state index contributed by atoms with van der Waals surface area (Å²) in [5.41, 5.74) is 5.99. The second-order valence-corrected chi connectivity index (χ2v) is 5.11. The average Bonchev–Trinajstić information content (AvgIpc) is 2.41. The summed E-state index contributed by atoms with van der Waals surface area (Å²) < 4.78 is 36.7. The van der Waals surface area contributed by atoms with Gasteiger partial charge in [-0.15, -0.1) is 0 Å². The number of hydrogen-bond acceptors (Lipinski definition) is 3. The summed E-state index contributed by atoms with van der Waals surface area (Å²) in [6.07, 6.45) is 0.368. The predicted octanol–water partition coefficient (Wildman–Crippen LogP) is 1.30. The fourth-order valence-corrected chi connectivity index (χ4v) is 3.22. The molecule has 0 unspecified atom stereocenters. The maximum Gasteiger partial charge on any atom is 0.200 e. The third-order valence-electron chi connectivity index (χ3n) is 2.31. The van der Waals surface area contributed by atoms with Crippen LogP contribution in [0.15, 0.2) is 28.5 Å². The lowest BCUT2D eigenvalue weighted by atomic mass is 10.0. The lowest BCUT2D eigenvalue weighted by Crippen LogP contribution is -2.00. The number of nitrogens with two attached hydrogens (primary N) is 1. The number of benzene rings is 1. The van der Waals surface area contributed by atoms with Crippen LogP contribution in [0.3, 0.4) is 0 Å². The maximum absolute atomic E-state index is 13.5. The summed E-state index contributed by atoms with van der Waals surface area (Å²) in [7, 11) is -3.46. The van der Waals surface area contributed by atoms with Crippen LogP contribution in [0.4, 0.5) is 4.39 Å². The van der Waals surface area contributed by atoms with E-state index < -0.39 is 15.7 Å². The fraction of sp³-hybridized carbons (Fsp3) is 0.200. The first kappa shape index (κ1) is 10.3. The molecule has 1 aliphatic heterocycles. The molecule has 5 heteroatoms. The number of sulfone groups is 1. The molecule has 1 aromatic rings. The first-order chi connectivity index (χ1) is 7.06. The molecular weight excluding hydrogens is 217 g/mol. The van der Waals surface area contributed by atoms with E-state index in [1.54, 1.807) is 0 Å². The third kappa shape index (κ3) is 1.57. The molecule has 1 heterocycles. The Bertz CT molecular complexity index is 534. The van der Waals surface area contributed by atoms with E-state index in [1.807, 2.05) is 0 Å². The second-order valence-electron chi connectivity index (χ2n) is 3.34. The van der Waals surface area contributed by atoms with E-state index in [2.05, 4.69) is 0 Å².